The second-order valence-electron chi connectivity index (χ2n) is 4.16. The van der Waals surface area contributed by atoms with Crippen LogP contribution in [-0.4, -0.2) is 19.7 Å². The number of nitrogens with zero attached hydrogens (tertiary/aromatic N) is 3. The Kier molecular flexibility index (Phi) is 2.72. The van der Waals surface area contributed by atoms with E-state index in [0.717, 1.165) is 35.5 Å². The Balaban J connectivity index is 1.76. The molecule has 0 spiro atoms. The lowest BCUT2D eigenvalue weighted by Crippen LogP contribution is -2.07. The third-order valence-electron chi connectivity index (χ3n) is 3.03. The highest BCUT2D eigenvalue weighted by Crippen LogP contribution is 2.17. The summed E-state index contributed by atoms with van der Waals surface area (Å²) in [7, 11) is 0. The van der Waals surface area contributed by atoms with E-state index in [4.69, 9.17) is 0 Å². The van der Waals surface area contributed by atoms with Crippen LogP contribution in [0, 0.1) is 0 Å². The van der Waals surface area contributed by atoms with Gasteiger partial charge >= 0.3 is 0 Å². The fraction of sp³-hybridized carbons (Fsp3) is 0.231. The summed E-state index contributed by atoms with van der Waals surface area (Å²) in [5.41, 5.74) is 2.11. The Labute approximate surface area is 105 Å². The van der Waals surface area contributed by atoms with Gasteiger partial charge in [-0.25, -0.2) is 4.98 Å². The Morgan fingerprint density at radius 2 is 2.33 bits per heavy atom. The van der Waals surface area contributed by atoms with Crippen LogP contribution in [0.25, 0.3) is 10.9 Å². The largest absolute Gasteiger partial charge is 0.378 e. The molecule has 0 saturated heterocycles. The molecule has 0 radical (unpaired) electrons. The number of benzene rings is 1. The van der Waals surface area contributed by atoms with Gasteiger partial charge in [-0.1, -0.05) is 0 Å². The molecule has 0 aliphatic rings. The maximum atomic E-state index is 4.33. The minimum atomic E-state index is 0.723. The van der Waals surface area contributed by atoms with Crippen molar-refractivity contribution in [2.75, 3.05) is 5.32 Å². The molecule has 0 unspecified atom stereocenters. The number of H-pyrrole nitrogens is 1. The van der Waals surface area contributed by atoms with Crippen molar-refractivity contribution in [1.29, 1.82) is 0 Å². The van der Waals surface area contributed by atoms with Gasteiger partial charge in [0.25, 0.3) is 0 Å². The molecular formula is C13H15N5. The molecule has 2 aromatic heterocycles. The lowest BCUT2D eigenvalue weighted by Gasteiger charge is -2.07. The van der Waals surface area contributed by atoms with Gasteiger partial charge < -0.3 is 9.88 Å². The third kappa shape index (κ3) is 1.95. The van der Waals surface area contributed by atoms with E-state index >= 15 is 0 Å². The van der Waals surface area contributed by atoms with Crippen LogP contribution in [0.15, 0.2) is 36.8 Å². The van der Waals surface area contributed by atoms with Crippen molar-refractivity contribution in [2.24, 2.45) is 0 Å². The molecule has 0 atom stereocenters. The number of imidazole rings is 1. The quantitative estimate of drug-likeness (QED) is 0.737. The summed E-state index contributed by atoms with van der Waals surface area (Å²) in [6, 6.07) is 6.16. The Hall–Kier alpha value is -2.30. The first-order valence-electron chi connectivity index (χ1n) is 6.04. The number of aryl methyl sites for hydroxylation is 1. The molecule has 3 aromatic rings. The second kappa shape index (κ2) is 4.52. The first kappa shape index (κ1) is 10.8. The Morgan fingerprint density at radius 1 is 1.39 bits per heavy atom. The molecule has 0 saturated carbocycles. The van der Waals surface area contributed by atoms with E-state index in [1.54, 1.807) is 0 Å². The number of hydrogen-bond donors (Lipinski definition) is 2. The van der Waals surface area contributed by atoms with Gasteiger partial charge in [-0.15, -0.1) is 0 Å². The van der Waals surface area contributed by atoms with Crippen LogP contribution in [0.4, 0.5) is 5.69 Å². The summed E-state index contributed by atoms with van der Waals surface area (Å²) in [5.74, 6) is 1.04. The number of rotatable bonds is 4. The summed E-state index contributed by atoms with van der Waals surface area (Å²) in [5, 5.41) is 11.5. The van der Waals surface area contributed by atoms with E-state index in [1.165, 1.54) is 0 Å². The van der Waals surface area contributed by atoms with Gasteiger partial charge in [0.05, 0.1) is 18.3 Å². The van der Waals surface area contributed by atoms with Crippen LogP contribution in [0.3, 0.4) is 0 Å². The highest BCUT2D eigenvalue weighted by Gasteiger charge is 2.02. The molecule has 0 aliphatic heterocycles. The number of hydrogen-bond acceptors (Lipinski definition) is 3. The first-order valence-corrected chi connectivity index (χ1v) is 6.04. The van der Waals surface area contributed by atoms with Crippen LogP contribution < -0.4 is 5.32 Å². The van der Waals surface area contributed by atoms with Crippen molar-refractivity contribution < 1.29 is 0 Å². The van der Waals surface area contributed by atoms with Crippen molar-refractivity contribution in [2.45, 2.75) is 20.0 Å². The number of aromatic amines is 1. The van der Waals surface area contributed by atoms with Crippen molar-refractivity contribution in [3.63, 3.8) is 0 Å². The fourth-order valence-electron chi connectivity index (χ4n) is 2.02. The van der Waals surface area contributed by atoms with Crippen LogP contribution in [0.5, 0.6) is 0 Å². The molecular weight excluding hydrogens is 226 g/mol. The van der Waals surface area contributed by atoms with Crippen molar-refractivity contribution in [1.82, 2.24) is 19.7 Å². The van der Waals surface area contributed by atoms with Crippen molar-refractivity contribution >= 4 is 16.6 Å². The molecule has 2 heterocycles. The Morgan fingerprint density at radius 3 is 3.22 bits per heavy atom. The molecule has 0 bridgehead atoms. The predicted molar refractivity (Wildman–Crippen MR) is 71.3 cm³/mol. The molecule has 5 nitrogen and oxygen atoms in total. The summed E-state index contributed by atoms with van der Waals surface area (Å²) in [6.07, 6.45) is 5.65. The van der Waals surface area contributed by atoms with Gasteiger partial charge in [0, 0.05) is 30.0 Å². The lowest BCUT2D eigenvalue weighted by molar-refractivity contribution is 0.708. The summed E-state index contributed by atoms with van der Waals surface area (Å²) < 4.78 is 2.13. The van der Waals surface area contributed by atoms with E-state index in [-0.39, 0.29) is 0 Å². The smallest absolute Gasteiger partial charge is 0.128 e. The fourth-order valence-corrected chi connectivity index (χ4v) is 2.02. The van der Waals surface area contributed by atoms with Crippen LogP contribution in [-0.2, 0) is 13.1 Å². The molecule has 2 N–H and O–H groups in total. The first-order chi connectivity index (χ1) is 8.86. The standard InChI is InChI=1S/C13H15N5/c1-2-18-6-5-14-13(18)9-15-11-4-3-10-8-16-17-12(10)7-11/h3-8,15H,2,9H2,1H3,(H,16,17). The van der Waals surface area contributed by atoms with E-state index in [1.807, 2.05) is 24.7 Å². The van der Waals surface area contributed by atoms with Crippen molar-refractivity contribution in [3.8, 4) is 0 Å². The topological polar surface area (TPSA) is 58.5 Å². The van der Waals surface area contributed by atoms with E-state index < -0.39 is 0 Å². The molecule has 92 valence electrons. The lowest BCUT2D eigenvalue weighted by atomic mass is 10.2. The maximum Gasteiger partial charge on any atom is 0.128 e. The molecule has 0 aliphatic carbocycles. The van der Waals surface area contributed by atoms with Gasteiger partial charge in [-0.3, -0.25) is 5.10 Å². The van der Waals surface area contributed by atoms with Crippen LogP contribution >= 0.6 is 0 Å². The second-order valence-corrected chi connectivity index (χ2v) is 4.16. The SMILES string of the molecule is CCn1ccnc1CNc1ccc2cn[nH]c2c1. The highest BCUT2D eigenvalue weighted by molar-refractivity contribution is 5.81. The molecule has 1 aromatic carbocycles. The zero-order valence-electron chi connectivity index (χ0n) is 10.2. The van der Waals surface area contributed by atoms with E-state index in [2.05, 4.69) is 44.1 Å². The normalized spacial score (nSPS) is 10.9. The van der Waals surface area contributed by atoms with Crippen molar-refractivity contribution in [3.05, 3.63) is 42.6 Å². The van der Waals surface area contributed by atoms with Gasteiger partial charge in [0.1, 0.15) is 5.82 Å². The number of aromatic nitrogens is 4. The Bertz CT molecular complexity index is 652. The third-order valence-corrected chi connectivity index (χ3v) is 3.03. The zero-order valence-corrected chi connectivity index (χ0v) is 10.2. The number of fused-ring (bicyclic) bond motifs is 1. The average molecular weight is 241 g/mol. The molecule has 3 rings (SSSR count). The number of nitrogens with one attached hydrogen (secondary N) is 2. The zero-order chi connectivity index (χ0) is 12.4. The summed E-state index contributed by atoms with van der Waals surface area (Å²) in [4.78, 5) is 4.33. The summed E-state index contributed by atoms with van der Waals surface area (Å²) >= 11 is 0. The predicted octanol–water partition coefficient (Wildman–Crippen LogP) is 2.39. The van der Waals surface area contributed by atoms with Crippen LogP contribution in [0.1, 0.15) is 12.7 Å². The average Bonchev–Trinajstić information content (AvgIpc) is 3.04. The highest BCUT2D eigenvalue weighted by atomic mass is 15.1. The molecule has 0 fully saturated rings. The van der Waals surface area contributed by atoms with E-state index in [9.17, 15) is 0 Å². The monoisotopic (exact) mass is 241 g/mol. The minimum Gasteiger partial charge on any atom is -0.378 e. The van der Waals surface area contributed by atoms with Gasteiger partial charge in [0.2, 0.25) is 0 Å². The van der Waals surface area contributed by atoms with Gasteiger partial charge in [-0.2, -0.15) is 5.10 Å². The minimum absolute atomic E-state index is 0.723. The summed E-state index contributed by atoms with van der Waals surface area (Å²) in [6.45, 7) is 3.78. The number of anilines is 1. The molecule has 18 heavy (non-hydrogen) atoms. The molecule has 0 amide bonds. The van der Waals surface area contributed by atoms with Gasteiger partial charge in [0.15, 0.2) is 0 Å². The van der Waals surface area contributed by atoms with Crippen LogP contribution in [0.2, 0.25) is 0 Å². The van der Waals surface area contributed by atoms with E-state index in [0.29, 0.717) is 0 Å². The maximum absolute atomic E-state index is 4.33. The van der Waals surface area contributed by atoms with Gasteiger partial charge in [-0.05, 0) is 25.1 Å². The molecule has 5 heteroatoms.